The molecule has 0 radical (unpaired) electrons. The molecular weight excluding hydrogens is 130 g/mol. The van der Waals surface area contributed by atoms with E-state index in [1.807, 2.05) is 19.1 Å². The van der Waals surface area contributed by atoms with E-state index in [2.05, 4.69) is 5.32 Å². The van der Waals surface area contributed by atoms with E-state index >= 15 is 0 Å². The molecule has 0 bridgehead atoms. The van der Waals surface area contributed by atoms with E-state index in [-0.39, 0.29) is 6.61 Å². The van der Waals surface area contributed by atoms with E-state index in [0.717, 1.165) is 6.54 Å². The van der Waals surface area contributed by atoms with Gasteiger partial charge in [0.1, 0.15) is 0 Å². The minimum Gasteiger partial charge on any atom is -0.394 e. The molecule has 0 spiro atoms. The van der Waals surface area contributed by atoms with Crippen LogP contribution in [0.25, 0.3) is 0 Å². The molecule has 0 heterocycles. The third kappa shape index (κ3) is 5.75. The molecule has 10 heavy (non-hydrogen) atoms. The highest BCUT2D eigenvalue weighted by Crippen LogP contribution is 1.76. The number of nitrogens with one attached hydrogen (secondary N) is 1. The van der Waals surface area contributed by atoms with Gasteiger partial charge in [-0.1, -0.05) is 12.2 Å². The van der Waals surface area contributed by atoms with Crippen molar-refractivity contribution < 1.29 is 10.2 Å². The van der Waals surface area contributed by atoms with Crippen molar-refractivity contribution in [3.63, 3.8) is 0 Å². The van der Waals surface area contributed by atoms with Crippen molar-refractivity contribution >= 4 is 0 Å². The fraction of sp³-hybridized carbons (Fsp3) is 0.714. The Labute approximate surface area is 61.4 Å². The summed E-state index contributed by atoms with van der Waals surface area (Å²) in [5.41, 5.74) is 0. The molecular formula is C7H15NO2. The van der Waals surface area contributed by atoms with E-state index in [9.17, 15) is 0 Å². The highest BCUT2D eigenvalue weighted by Gasteiger charge is 1.97. The Balaban J connectivity index is 3.03. The Bertz CT molecular complexity index is 93.6. The third-order valence-corrected chi connectivity index (χ3v) is 1.09. The van der Waals surface area contributed by atoms with Crippen molar-refractivity contribution in [1.29, 1.82) is 0 Å². The molecule has 0 rings (SSSR count). The Kier molecular flexibility index (Phi) is 6.48. The molecule has 0 aliphatic heterocycles. The first-order valence-electron chi connectivity index (χ1n) is 3.42. The first kappa shape index (κ1) is 9.62. The largest absolute Gasteiger partial charge is 0.394 e. The van der Waals surface area contributed by atoms with Crippen LogP contribution in [0.2, 0.25) is 0 Å². The molecule has 1 atom stereocenters. The summed E-state index contributed by atoms with van der Waals surface area (Å²) in [5, 5.41) is 20.1. The molecule has 60 valence electrons. The molecule has 0 unspecified atom stereocenters. The molecule has 0 aromatic heterocycles. The second kappa shape index (κ2) is 6.74. The summed E-state index contributed by atoms with van der Waals surface area (Å²) in [7, 11) is 0. The number of rotatable bonds is 5. The van der Waals surface area contributed by atoms with Crippen LogP contribution in [0.5, 0.6) is 0 Å². The lowest BCUT2D eigenvalue weighted by atomic mass is 10.4. The second-order valence-corrected chi connectivity index (χ2v) is 2.06. The fourth-order valence-corrected chi connectivity index (χ4v) is 0.516. The maximum atomic E-state index is 8.82. The molecule has 3 N–H and O–H groups in total. The smallest absolute Gasteiger partial charge is 0.0895 e. The van der Waals surface area contributed by atoms with Crippen LogP contribution in [0.3, 0.4) is 0 Å². The van der Waals surface area contributed by atoms with Crippen molar-refractivity contribution in [3.8, 4) is 0 Å². The van der Waals surface area contributed by atoms with Crippen molar-refractivity contribution in [2.24, 2.45) is 0 Å². The monoisotopic (exact) mass is 145 g/mol. The topological polar surface area (TPSA) is 52.5 Å². The van der Waals surface area contributed by atoms with Crippen molar-refractivity contribution in [1.82, 2.24) is 5.32 Å². The van der Waals surface area contributed by atoms with E-state index in [1.54, 1.807) is 0 Å². The Morgan fingerprint density at radius 3 is 2.80 bits per heavy atom. The predicted octanol–water partition coefficient (Wildman–Crippen LogP) is -0.495. The Morgan fingerprint density at radius 2 is 2.30 bits per heavy atom. The maximum Gasteiger partial charge on any atom is 0.0895 e. The Hall–Kier alpha value is -0.380. The minimum atomic E-state index is -0.634. The quantitative estimate of drug-likeness (QED) is 0.361. The van der Waals surface area contributed by atoms with Gasteiger partial charge in [-0.3, -0.25) is 0 Å². The summed E-state index contributed by atoms with van der Waals surface area (Å²) < 4.78 is 0. The predicted molar refractivity (Wildman–Crippen MR) is 40.8 cm³/mol. The van der Waals surface area contributed by atoms with Gasteiger partial charge in [0.2, 0.25) is 0 Å². The third-order valence-electron chi connectivity index (χ3n) is 1.09. The highest BCUT2D eigenvalue weighted by molar-refractivity contribution is 4.79. The average Bonchev–Trinajstić information content (AvgIpc) is 1.98. The minimum absolute atomic E-state index is 0.178. The number of aliphatic hydroxyl groups excluding tert-OH is 2. The van der Waals surface area contributed by atoms with Gasteiger partial charge in [0.05, 0.1) is 12.7 Å². The molecule has 0 aromatic carbocycles. The van der Waals surface area contributed by atoms with Crippen LogP contribution in [-0.4, -0.2) is 36.0 Å². The van der Waals surface area contributed by atoms with E-state index in [4.69, 9.17) is 10.2 Å². The van der Waals surface area contributed by atoms with Crippen molar-refractivity contribution in [3.05, 3.63) is 12.2 Å². The zero-order chi connectivity index (χ0) is 7.82. The van der Waals surface area contributed by atoms with Crippen LogP contribution < -0.4 is 5.32 Å². The summed E-state index contributed by atoms with van der Waals surface area (Å²) >= 11 is 0. The zero-order valence-corrected chi connectivity index (χ0v) is 6.25. The second-order valence-electron chi connectivity index (χ2n) is 2.06. The summed E-state index contributed by atoms with van der Waals surface area (Å²) in [4.78, 5) is 0. The number of allylic oxidation sites excluding steroid dienone is 1. The summed E-state index contributed by atoms with van der Waals surface area (Å²) in [6, 6.07) is 0. The molecule has 0 aliphatic carbocycles. The van der Waals surface area contributed by atoms with Crippen LogP contribution in [0.1, 0.15) is 6.92 Å². The lowest BCUT2D eigenvalue weighted by Crippen LogP contribution is -2.29. The van der Waals surface area contributed by atoms with Gasteiger partial charge < -0.3 is 15.5 Å². The van der Waals surface area contributed by atoms with Crippen LogP contribution in [0.4, 0.5) is 0 Å². The lowest BCUT2D eigenvalue weighted by molar-refractivity contribution is 0.0953. The van der Waals surface area contributed by atoms with Gasteiger partial charge in [-0.05, 0) is 6.92 Å². The average molecular weight is 145 g/mol. The molecule has 3 heteroatoms. The summed E-state index contributed by atoms with van der Waals surface area (Å²) in [6.07, 6.45) is 3.24. The van der Waals surface area contributed by atoms with Crippen LogP contribution in [0.15, 0.2) is 12.2 Å². The van der Waals surface area contributed by atoms with Crippen LogP contribution in [-0.2, 0) is 0 Å². The first-order chi connectivity index (χ1) is 4.81. The molecule has 0 saturated carbocycles. The first-order valence-corrected chi connectivity index (χ1v) is 3.42. The summed E-state index contributed by atoms with van der Waals surface area (Å²) in [6.45, 7) is 2.95. The standard InChI is InChI=1S/C7H15NO2/c1-2-3-4-8-5-7(10)6-9/h2-3,7-10H,4-6H2,1H3/b3-2+/t7-/m0/s1. The van der Waals surface area contributed by atoms with Gasteiger partial charge in [-0.15, -0.1) is 0 Å². The number of hydrogen-bond donors (Lipinski definition) is 3. The molecule has 0 aromatic rings. The zero-order valence-electron chi connectivity index (χ0n) is 6.25. The van der Waals surface area contributed by atoms with Crippen LogP contribution in [0, 0.1) is 0 Å². The van der Waals surface area contributed by atoms with E-state index in [1.165, 1.54) is 0 Å². The van der Waals surface area contributed by atoms with Crippen molar-refractivity contribution in [2.45, 2.75) is 13.0 Å². The number of hydrogen-bond acceptors (Lipinski definition) is 3. The molecule has 0 amide bonds. The summed E-state index contributed by atoms with van der Waals surface area (Å²) in [5.74, 6) is 0. The number of aliphatic hydroxyl groups is 2. The van der Waals surface area contributed by atoms with E-state index in [0.29, 0.717) is 6.54 Å². The van der Waals surface area contributed by atoms with Crippen LogP contribution >= 0.6 is 0 Å². The van der Waals surface area contributed by atoms with Gasteiger partial charge in [0.25, 0.3) is 0 Å². The van der Waals surface area contributed by atoms with Gasteiger partial charge in [0.15, 0.2) is 0 Å². The molecule has 0 saturated heterocycles. The van der Waals surface area contributed by atoms with Gasteiger partial charge in [-0.2, -0.15) is 0 Å². The van der Waals surface area contributed by atoms with Gasteiger partial charge in [0, 0.05) is 13.1 Å². The van der Waals surface area contributed by atoms with Gasteiger partial charge in [-0.25, -0.2) is 0 Å². The van der Waals surface area contributed by atoms with E-state index < -0.39 is 6.10 Å². The fourth-order valence-electron chi connectivity index (χ4n) is 0.516. The van der Waals surface area contributed by atoms with Crippen molar-refractivity contribution in [2.75, 3.05) is 19.7 Å². The van der Waals surface area contributed by atoms with Gasteiger partial charge >= 0.3 is 0 Å². The lowest BCUT2D eigenvalue weighted by Gasteiger charge is -2.05. The normalized spacial score (nSPS) is 14.3. The Morgan fingerprint density at radius 1 is 1.60 bits per heavy atom. The maximum absolute atomic E-state index is 8.82. The SMILES string of the molecule is C/C=C/CNC[C@H](O)CO. The molecule has 3 nitrogen and oxygen atoms in total. The highest BCUT2D eigenvalue weighted by atomic mass is 16.3. The molecule has 0 aliphatic rings. The molecule has 0 fully saturated rings.